The molecule has 1 fully saturated rings. The van der Waals surface area contributed by atoms with Crippen molar-refractivity contribution in [2.45, 2.75) is 17.8 Å². The van der Waals surface area contributed by atoms with Crippen LogP contribution in [0.3, 0.4) is 0 Å². The van der Waals surface area contributed by atoms with Crippen LogP contribution in [-0.2, 0) is 15.8 Å². The molecule has 0 bridgehead atoms. The second-order valence-corrected chi connectivity index (χ2v) is 5.84. The summed E-state index contributed by atoms with van der Waals surface area (Å²) >= 11 is 0. The molecule has 0 aromatic heterocycles. The van der Waals surface area contributed by atoms with Crippen LogP contribution in [0.2, 0.25) is 0 Å². The zero-order valence-electron chi connectivity index (χ0n) is 9.84. The molecule has 0 saturated carbocycles. The topological polar surface area (TPSA) is 37.4 Å². The first-order chi connectivity index (χ1) is 8.93. The Morgan fingerprint density at radius 3 is 2.68 bits per heavy atom. The minimum Gasteiger partial charge on any atom is -0.302 e. The fourth-order valence-corrected chi connectivity index (χ4v) is 3.29. The Kier molecular flexibility index (Phi) is 3.93. The normalized spacial score (nSPS) is 31.2. The number of carbonyl (C=O) groups excluding carboxylic acids is 1. The molecule has 2 rings (SSSR count). The van der Waals surface area contributed by atoms with Crippen molar-refractivity contribution >= 4 is 17.3 Å². The molecule has 0 spiro atoms. The molecule has 104 valence electrons. The molecule has 0 radical (unpaired) electrons. The van der Waals surface area contributed by atoms with Gasteiger partial charge in [-0.3, -0.25) is 4.31 Å². The van der Waals surface area contributed by atoms with Crippen molar-refractivity contribution in [3.05, 3.63) is 36.1 Å². The average Bonchev–Trinajstić information content (AvgIpc) is 2.57. The van der Waals surface area contributed by atoms with E-state index >= 15 is 0 Å². The van der Waals surface area contributed by atoms with E-state index in [4.69, 9.17) is 0 Å². The highest BCUT2D eigenvalue weighted by Gasteiger charge is 2.38. The SMILES string of the molecule is O=CC1CCN(C2=CC(C(F)(F)F)C=CC=C2)S1=O. The van der Waals surface area contributed by atoms with Gasteiger partial charge in [0.25, 0.3) is 0 Å². The van der Waals surface area contributed by atoms with E-state index in [1.807, 2.05) is 0 Å². The van der Waals surface area contributed by atoms with Gasteiger partial charge in [-0.15, -0.1) is 0 Å². The fourth-order valence-electron chi connectivity index (χ4n) is 1.95. The Hall–Kier alpha value is -1.37. The smallest absolute Gasteiger partial charge is 0.302 e. The summed E-state index contributed by atoms with van der Waals surface area (Å²) in [5.74, 6) is -1.70. The molecule has 1 aliphatic heterocycles. The summed E-state index contributed by atoms with van der Waals surface area (Å²) in [4.78, 5) is 10.7. The Labute approximate surface area is 111 Å². The lowest BCUT2D eigenvalue weighted by atomic mass is 10.1. The molecule has 3 atom stereocenters. The second-order valence-electron chi connectivity index (χ2n) is 4.24. The van der Waals surface area contributed by atoms with Crippen LogP contribution in [0.5, 0.6) is 0 Å². The lowest BCUT2D eigenvalue weighted by Crippen LogP contribution is -2.25. The third-order valence-electron chi connectivity index (χ3n) is 2.96. The molecule has 3 nitrogen and oxygen atoms in total. The van der Waals surface area contributed by atoms with Gasteiger partial charge in [-0.2, -0.15) is 13.2 Å². The van der Waals surface area contributed by atoms with Gasteiger partial charge in [0.2, 0.25) is 0 Å². The lowest BCUT2D eigenvalue weighted by Gasteiger charge is -2.20. The fraction of sp³-hybridized carbons (Fsp3) is 0.417. The minimum atomic E-state index is -4.38. The molecule has 3 unspecified atom stereocenters. The standard InChI is InChI=1S/C12H12F3NO2S/c13-12(14,15)9-3-1-2-4-10(7-9)16-6-5-11(8-17)19(16)18/h1-4,7-9,11H,5-6H2. The Morgan fingerprint density at radius 2 is 2.11 bits per heavy atom. The van der Waals surface area contributed by atoms with E-state index in [1.54, 1.807) is 0 Å². The van der Waals surface area contributed by atoms with E-state index in [0.29, 0.717) is 19.3 Å². The van der Waals surface area contributed by atoms with E-state index in [0.717, 1.165) is 12.2 Å². The monoisotopic (exact) mass is 291 g/mol. The van der Waals surface area contributed by atoms with Crippen LogP contribution in [0.25, 0.3) is 0 Å². The summed E-state index contributed by atoms with van der Waals surface area (Å²) in [5, 5.41) is -0.630. The molecule has 1 heterocycles. The molecule has 0 amide bonds. The molecule has 2 aliphatic rings. The van der Waals surface area contributed by atoms with Crippen molar-refractivity contribution in [3.8, 4) is 0 Å². The van der Waals surface area contributed by atoms with Gasteiger partial charge in [-0.1, -0.05) is 18.2 Å². The van der Waals surface area contributed by atoms with Crippen molar-refractivity contribution in [3.63, 3.8) is 0 Å². The van der Waals surface area contributed by atoms with Gasteiger partial charge >= 0.3 is 6.18 Å². The zero-order chi connectivity index (χ0) is 14.0. The predicted molar refractivity (Wildman–Crippen MR) is 65.2 cm³/mol. The number of rotatable bonds is 2. The molecule has 1 saturated heterocycles. The molecule has 19 heavy (non-hydrogen) atoms. The maximum Gasteiger partial charge on any atom is 0.398 e. The van der Waals surface area contributed by atoms with E-state index in [9.17, 15) is 22.2 Å². The van der Waals surface area contributed by atoms with Gasteiger partial charge in [0, 0.05) is 12.2 Å². The third kappa shape index (κ3) is 2.97. The first-order valence-corrected chi connectivity index (χ1v) is 6.87. The van der Waals surface area contributed by atoms with Crippen LogP contribution in [0.4, 0.5) is 13.2 Å². The lowest BCUT2D eigenvalue weighted by molar-refractivity contribution is -0.149. The Bertz CT molecular complexity index is 482. The number of halogens is 3. The highest BCUT2D eigenvalue weighted by atomic mass is 32.2. The van der Waals surface area contributed by atoms with Gasteiger partial charge < -0.3 is 4.79 Å². The van der Waals surface area contributed by atoms with Crippen LogP contribution in [0.15, 0.2) is 36.1 Å². The van der Waals surface area contributed by atoms with Crippen molar-refractivity contribution in [2.75, 3.05) is 6.54 Å². The highest BCUT2D eigenvalue weighted by molar-refractivity contribution is 7.84. The van der Waals surface area contributed by atoms with Crippen molar-refractivity contribution in [1.82, 2.24) is 4.31 Å². The summed E-state index contributed by atoms with van der Waals surface area (Å²) in [6.07, 6.45) is 2.96. The second kappa shape index (κ2) is 5.32. The Balaban J connectivity index is 2.26. The summed E-state index contributed by atoms with van der Waals surface area (Å²) in [5.41, 5.74) is 0.245. The number of carbonyl (C=O) groups is 1. The number of hydrogen-bond donors (Lipinski definition) is 0. The van der Waals surface area contributed by atoms with Crippen molar-refractivity contribution in [1.29, 1.82) is 0 Å². The number of allylic oxidation sites excluding steroid dienone is 5. The van der Waals surface area contributed by atoms with Gasteiger partial charge in [0.15, 0.2) is 0 Å². The van der Waals surface area contributed by atoms with E-state index < -0.39 is 28.3 Å². The molecule has 0 N–H and O–H groups in total. The summed E-state index contributed by atoms with van der Waals surface area (Å²) in [6, 6.07) is 0. The van der Waals surface area contributed by atoms with Gasteiger partial charge in [-0.05, 0) is 18.6 Å². The molecule has 7 heteroatoms. The van der Waals surface area contributed by atoms with Crippen molar-refractivity contribution < 1.29 is 22.2 Å². The van der Waals surface area contributed by atoms with Gasteiger partial charge in [0.1, 0.15) is 22.5 Å². The Morgan fingerprint density at radius 1 is 1.37 bits per heavy atom. The van der Waals surface area contributed by atoms with E-state index in [-0.39, 0.29) is 5.70 Å². The van der Waals surface area contributed by atoms with Crippen LogP contribution in [0, 0.1) is 5.92 Å². The van der Waals surface area contributed by atoms with Gasteiger partial charge in [-0.25, -0.2) is 4.21 Å². The zero-order valence-corrected chi connectivity index (χ0v) is 10.7. The first kappa shape index (κ1) is 14.0. The number of aldehydes is 1. The maximum absolute atomic E-state index is 12.7. The molecule has 0 aromatic rings. The van der Waals surface area contributed by atoms with Crippen molar-refractivity contribution in [2.24, 2.45) is 5.92 Å². The highest BCUT2D eigenvalue weighted by Crippen LogP contribution is 2.32. The summed E-state index contributed by atoms with van der Waals surface area (Å²) in [6.45, 7) is 0.316. The molecule has 1 aliphatic carbocycles. The largest absolute Gasteiger partial charge is 0.398 e. The number of alkyl halides is 3. The number of nitrogens with zero attached hydrogens (tertiary/aromatic N) is 1. The number of hydrogen-bond acceptors (Lipinski definition) is 2. The predicted octanol–water partition coefficient (Wildman–Crippen LogP) is 2.11. The van der Waals surface area contributed by atoms with Gasteiger partial charge in [0.05, 0.1) is 5.92 Å². The quantitative estimate of drug-likeness (QED) is 0.731. The van der Waals surface area contributed by atoms with E-state index in [2.05, 4.69) is 0 Å². The molecular weight excluding hydrogens is 279 g/mol. The molecule has 0 aromatic carbocycles. The van der Waals surface area contributed by atoms with E-state index in [1.165, 1.54) is 22.5 Å². The maximum atomic E-state index is 12.7. The minimum absolute atomic E-state index is 0.245. The first-order valence-electron chi connectivity index (χ1n) is 5.70. The van der Waals surface area contributed by atoms with Crippen LogP contribution in [0.1, 0.15) is 6.42 Å². The average molecular weight is 291 g/mol. The summed E-state index contributed by atoms with van der Waals surface area (Å²) in [7, 11) is -1.59. The molecular formula is C12H12F3NO2S. The van der Waals surface area contributed by atoms with Crippen LogP contribution in [-0.4, -0.2) is 32.8 Å². The summed E-state index contributed by atoms with van der Waals surface area (Å²) < 4.78 is 51.5. The van der Waals surface area contributed by atoms with Crippen LogP contribution < -0.4 is 0 Å². The van der Waals surface area contributed by atoms with Crippen LogP contribution >= 0.6 is 0 Å². The third-order valence-corrected chi connectivity index (χ3v) is 4.65.